The van der Waals surface area contributed by atoms with Crippen LogP contribution >= 0.6 is 0 Å². The van der Waals surface area contributed by atoms with Gasteiger partial charge in [-0.05, 0) is 43.0 Å². The van der Waals surface area contributed by atoms with Gasteiger partial charge in [-0.25, -0.2) is 13.1 Å². The molecule has 1 aromatic carbocycles. The lowest BCUT2D eigenvalue weighted by Crippen LogP contribution is -2.40. The number of anilines is 1. The molecular weight excluding hydrogens is 260 g/mol. The Bertz CT molecular complexity index is 511. The Kier molecular flexibility index (Phi) is 4.47. The van der Waals surface area contributed by atoms with Gasteiger partial charge in [0, 0.05) is 18.8 Å². The zero-order chi connectivity index (χ0) is 13.9. The summed E-state index contributed by atoms with van der Waals surface area (Å²) in [6.07, 6.45) is 4.35. The number of hydrogen-bond donors (Lipinski definition) is 2. The molecule has 0 aromatic heterocycles. The molecule has 0 aliphatic heterocycles. The third-order valence-electron chi connectivity index (χ3n) is 3.87. The molecule has 1 aliphatic rings. The minimum Gasteiger partial charge on any atom is -0.388 e. The summed E-state index contributed by atoms with van der Waals surface area (Å²) in [5.74, 6) is 0.417. The molecular formula is C14H22N2O2S. The first-order chi connectivity index (χ1) is 9.03. The number of nitrogens with one attached hydrogen (secondary N) is 2. The van der Waals surface area contributed by atoms with E-state index in [0.717, 1.165) is 24.9 Å². The maximum Gasteiger partial charge on any atom is 0.240 e. The molecule has 0 heterocycles. The van der Waals surface area contributed by atoms with Gasteiger partial charge in [0.1, 0.15) is 0 Å². The fraction of sp³-hybridized carbons (Fsp3) is 0.571. The van der Waals surface area contributed by atoms with Gasteiger partial charge in [0.2, 0.25) is 10.0 Å². The maximum absolute atomic E-state index is 12.3. The van der Waals surface area contributed by atoms with Crippen LogP contribution in [0.5, 0.6) is 0 Å². The Balaban J connectivity index is 2.12. The van der Waals surface area contributed by atoms with Gasteiger partial charge in [0.25, 0.3) is 0 Å². The Hall–Kier alpha value is -1.07. The summed E-state index contributed by atoms with van der Waals surface area (Å²) in [6.45, 7) is 2.12. The van der Waals surface area contributed by atoms with Crippen molar-refractivity contribution in [2.75, 3.05) is 12.4 Å². The predicted molar refractivity (Wildman–Crippen MR) is 77.7 cm³/mol. The van der Waals surface area contributed by atoms with Crippen LogP contribution in [0, 0.1) is 5.92 Å². The smallest absolute Gasteiger partial charge is 0.240 e. The maximum atomic E-state index is 12.3. The van der Waals surface area contributed by atoms with Gasteiger partial charge in [-0.3, -0.25) is 0 Å². The van der Waals surface area contributed by atoms with Crippen molar-refractivity contribution in [3.05, 3.63) is 24.3 Å². The molecule has 1 aliphatic carbocycles. The highest BCUT2D eigenvalue weighted by atomic mass is 32.2. The van der Waals surface area contributed by atoms with Crippen molar-refractivity contribution in [3.63, 3.8) is 0 Å². The number of hydrogen-bond acceptors (Lipinski definition) is 3. The van der Waals surface area contributed by atoms with Gasteiger partial charge in [0.15, 0.2) is 0 Å². The summed E-state index contributed by atoms with van der Waals surface area (Å²) in [5, 5.41) is 2.98. The quantitative estimate of drug-likeness (QED) is 0.892. The molecule has 5 heteroatoms. The molecule has 2 unspecified atom stereocenters. The average molecular weight is 282 g/mol. The van der Waals surface area contributed by atoms with E-state index in [9.17, 15) is 8.42 Å². The van der Waals surface area contributed by atoms with E-state index in [1.54, 1.807) is 24.3 Å². The molecule has 1 aromatic rings. The van der Waals surface area contributed by atoms with Crippen molar-refractivity contribution in [2.24, 2.45) is 5.92 Å². The largest absolute Gasteiger partial charge is 0.388 e. The molecule has 4 nitrogen and oxygen atoms in total. The fourth-order valence-electron chi connectivity index (χ4n) is 2.56. The molecule has 1 saturated carbocycles. The van der Waals surface area contributed by atoms with Crippen LogP contribution in [-0.4, -0.2) is 21.5 Å². The minimum absolute atomic E-state index is 0.0720. The van der Waals surface area contributed by atoms with Crippen molar-refractivity contribution >= 4 is 15.7 Å². The summed E-state index contributed by atoms with van der Waals surface area (Å²) < 4.78 is 27.5. The lowest BCUT2D eigenvalue weighted by Gasteiger charge is -2.29. The summed E-state index contributed by atoms with van der Waals surface area (Å²) in [4.78, 5) is 0.337. The third kappa shape index (κ3) is 3.48. The summed E-state index contributed by atoms with van der Waals surface area (Å²) >= 11 is 0. The molecule has 2 rings (SSSR count). The van der Waals surface area contributed by atoms with E-state index in [1.165, 1.54) is 6.42 Å². The Morgan fingerprint density at radius 2 is 1.74 bits per heavy atom. The first kappa shape index (κ1) is 14.3. The van der Waals surface area contributed by atoms with Crippen molar-refractivity contribution < 1.29 is 8.42 Å². The van der Waals surface area contributed by atoms with Crippen LogP contribution in [-0.2, 0) is 10.0 Å². The van der Waals surface area contributed by atoms with Crippen LogP contribution in [0.3, 0.4) is 0 Å². The second kappa shape index (κ2) is 5.92. The van der Waals surface area contributed by atoms with Crippen molar-refractivity contribution in [1.82, 2.24) is 4.72 Å². The highest BCUT2D eigenvalue weighted by Gasteiger charge is 2.26. The fourth-order valence-corrected chi connectivity index (χ4v) is 3.94. The first-order valence-electron chi connectivity index (χ1n) is 6.83. The van der Waals surface area contributed by atoms with Crippen LogP contribution in [0.4, 0.5) is 5.69 Å². The molecule has 0 amide bonds. The zero-order valence-electron chi connectivity index (χ0n) is 11.5. The highest BCUT2D eigenvalue weighted by molar-refractivity contribution is 7.89. The lowest BCUT2D eigenvalue weighted by atomic mass is 9.87. The second-order valence-corrected chi connectivity index (χ2v) is 6.98. The third-order valence-corrected chi connectivity index (χ3v) is 5.38. The van der Waals surface area contributed by atoms with Crippen molar-refractivity contribution in [2.45, 2.75) is 43.5 Å². The summed E-state index contributed by atoms with van der Waals surface area (Å²) in [7, 11) is -1.58. The van der Waals surface area contributed by atoms with Gasteiger partial charge in [-0.2, -0.15) is 0 Å². The van der Waals surface area contributed by atoms with Crippen LogP contribution in [0.1, 0.15) is 32.6 Å². The predicted octanol–water partition coefficient (Wildman–Crippen LogP) is 2.59. The van der Waals surface area contributed by atoms with Crippen molar-refractivity contribution in [1.29, 1.82) is 0 Å². The first-order valence-corrected chi connectivity index (χ1v) is 8.31. The highest BCUT2D eigenvalue weighted by Crippen LogP contribution is 2.25. The topological polar surface area (TPSA) is 58.2 Å². The number of benzene rings is 1. The van der Waals surface area contributed by atoms with Crippen LogP contribution < -0.4 is 10.0 Å². The molecule has 0 saturated heterocycles. The molecule has 106 valence electrons. The van der Waals surface area contributed by atoms with Gasteiger partial charge >= 0.3 is 0 Å². The summed E-state index contributed by atoms with van der Waals surface area (Å²) in [5.41, 5.74) is 0.907. The normalized spacial score (nSPS) is 24.1. The van der Waals surface area contributed by atoms with Crippen LogP contribution in [0.15, 0.2) is 29.2 Å². The molecule has 19 heavy (non-hydrogen) atoms. The Morgan fingerprint density at radius 3 is 2.32 bits per heavy atom. The van der Waals surface area contributed by atoms with Gasteiger partial charge < -0.3 is 5.32 Å². The van der Waals surface area contributed by atoms with E-state index in [2.05, 4.69) is 17.0 Å². The molecule has 2 atom stereocenters. The second-order valence-electron chi connectivity index (χ2n) is 5.26. The minimum atomic E-state index is -3.40. The Morgan fingerprint density at radius 1 is 1.11 bits per heavy atom. The van der Waals surface area contributed by atoms with E-state index in [0.29, 0.717) is 10.8 Å². The monoisotopic (exact) mass is 282 g/mol. The van der Waals surface area contributed by atoms with Gasteiger partial charge in [-0.1, -0.05) is 19.8 Å². The van der Waals surface area contributed by atoms with Crippen LogP contribution in [0.2, 0.25) is 0 Å². The van der Waals surface area contributed by atoms with Gasteiger partial charge in [-0.15, -0.1) is 0 Å². The van der Waals surface area contributed by atoms with E-state index in [4.69, 9.17) is 0 Å². The molecule has 1 fully saturated rings. The molecule has 0 bridgehead atoms. The average Bonchev–Trinajstić information content (AvgIpc) is 2.41. The van der Waals surface area contributed by atoms with E-state index >= 15 is 0 Å². The van der Waals surface area contributed by atoms with Gasteiger partial charge in [0.05, 0.1) is 4.90 Å². The van der Waals surface area contributed by atoms with E-state index in [-0.39, 0.29) is 6.04 Å². The lowest BCUT2D eigenvalue weighted by molar-refractivity contribution is 0.310. The number of rotatable bonds is 4. The number of sulfonamides is 1. The molecule has 0 spiro atoms. The zero-order valence-corrected chi connectivity index (χ0v) is 12.3. The van der Waals surface area contributed by atoms with Crippen molar-refractivity contribution in [3.8, 4) is 0 Å². The molecule has 2 N–H and O–H groups in total. The van der Waals surface area contributed by atoms with E-state index in [1.807, 2.05) is 7.05 Å². The molecule has 0 radical (unpaired) electrons. The van der Waals surface area contributed by atoms with E-state index < -0.39 is 10.0 Å². The SMILES string of the molecule is CNc1ccc(S(=O)(=O)NC2CCCCC2C)cc1. The standard InChI is InChI=1S/C14H22N2O2S/c1-11-5-3-4-6-14(11)16-19(17,18)13-9-7-12(15-2)8-10-13/h7-11,14-16H,3-6H2,1-2H3. The van der Waals surface area contributed by atoms with Crippen LogP contribution in [0.25, 0.3) is 0 Å². The summed E-state index contributed by atoms with van der Waals surface area (Å²) in [6, 6.07) is 6.91. The Labute approximate surface area is 115 Å².